The Bertz CT molecular complexity index is 1080. The van der Waals surface area contributed by atoms with Crippen LogP contribution in [0.3, 0.4) is 0 Å². The van der Waals surface area contributed by atoms with Crippen LogP contribution >= 0.6 is 38.9 Å². The molecule has 0 aliphatic heterocycles. The van der Waals surface area contributed by atoms with Crippen LogP contribution in [-0.4, -0.2) is 10.9 Å². The van der Waals surface area contributed by atoms with Crippen molar-refractivity contribution in [2.45, 2.75) is 0 Å². The van der Waals surface area contributed by atoms with Crippen molar-refractivity contribution in [3.63, 3.8) is 0 Å². The molecule has 0 saturated heterocycles. The second-order valence-electron chi connectivity index (χ2n) is 5.64. The number of carbonyl (C=O) groups is 1. The summed E-state index contributed by atoms with van der Waals surface area (Å²) < 4.78 is 1.96. The monoisotopic (exact) mass is 442 g/mol. The SMILES string of the molecule is O=C(Nc1ccc(-c2nc3ccccc3s2)cc1)c1cc(Br)ccc1Cl. The summed E-state index contributed by atoms with van der Waals surface area (Å²) in [6.45, 7) is 0. The average Bonchev–Trinajstić information content (AvgIpc) is 3.08. The zero-order valence-electron chi connectivity index (χ0n) is 13.4. The van der Waals surface area contributed by atoms with Crippen molar-refractivity contribution in [3.8, 4) is 10.6 Å². The highest BCUT2D eigenvalue weighted by Crippen LogP contribution is 2.30. The highest BCUT2D eigenvalue weighted by atomic mass is 79.9. The predicted molar refractivity (Wildman–Crippen MR) is 112 cm³/mol. The largest absolute Gasteiger partial charge is 0.322 e. The van der Waals surface area contributed by atoms with Crippen LogP contribution in [0, 0.1) is 0 Å². The maximum atomic E-state index is 12.4. The first kappa shape index (κ1) is 17.2. The van der Waals surface area contributed by atoms with E-state index in [1.54, 1.807) is 29.5 Å². The third-order valence-corrected chi connectivity index (χ3v) is 5.76. The third-order valence-electron chi connectivity index (χ3n) is 3.86. The van der Waals surface area contributed by atoms with Crippen molar-refractivity contribution < 1.29 is 4.79 Å². The molecule has 1 amide bonds. The molecule has 6 heteroatoms. The van der Waals surface area contributed by atoms with Crippen LogP contribution < -0.4 is 5.32 Å². The number of halogens is 2. The Labute approximate surface area is 167 Å². The molecular formula is C20H12BrClN2OS. The topological polar surface area (TPSA) is 42.0 Å². The Morgan fingerprint density at radius 3 is 2.58 bits per heavy atom. The molecule has 0 unspecified atom stereocenters. The number of anilines is 1. The molecule has 0 atom stereocenters. The minimum Gasteiger partial charge on any atom is -0.322 e. The van der Waals surface area contributed by atoms with E-state index in [1.807, 2.05) is 42.5 Å². The van der Waals surface area contributed by atoms with E-state index in [0.717, 1.165) is 25.3 Å². The first-order chi connectivity index (χ1) is 12.6. The number of hydrogen-bond acceptors (Lipinski definition) is 3. The lowest BCUT2D eigenvalue weighted by Crippen LogP contribution is -2.12. The third kappa shape index (κ3) is 3.51. The fraction of sp³-hybridized carbons (Fsp3) is 0. The number of para-hydroxylation sites is 1. The van der Waals surface area contributed by atoms with Gasteiger partial charge in [0.25, 0.3) is 5.91 Å². The van der Waals surface area contributed by atoms with Gasteiger partial charge >= 0.3 is 0 Å². The minimum atomic E-state index is -0.246. The summed E-state index contributed by atoms with van der Waals surface area (Å²) in [6, 6.07) is 20.9. The van der Waals surface area contributed by atoms with Crippen LogP contribution in [0.25, 0.3) is 20.8 Å². The van der Waals surface area contributed by atoms with E-state index in [4.69, 9.17) is 11.6 Å². The van der Waals surface area contributed by atoms with Crippen molar-refractivity contribution in [1.29, 1.82) is 0 Å². The number of nitrogens with zero attached hydrogens (tertiary/aromatic N) is 1. The van der Waals surface area contributed by atoms with Gasteiger partial charge in [0.05, 0.1) is 20.8 Å². The molecular weight excluding hydrogens is 432 g/mol. The van der Waals surface area contributed by atoms with Crippen LogP contribution in [0.2, 0.25) is 5.02 Å². The molecule has 0 radical (unpaired) electrons. The van der Waals surface area contributed by atoms with Gasteiger partial charge in [0.15, 0.2) is 0 Å². The number of aromatic nitrogens is 1. The van der Waals surface area contributed by atoms with Crippen molar-refractivity contribution >= 4 is 60.7 Å². The van der Waals surface area contributed by atoms with E-state index in [1.165, 1.54) is 0 Å². The molecule has 1 aromatic heterocycles. The van der Waals surface area contributed by atoms with Gasteiger partial charge in [-0.25, -0.2) is 4.98 Å². The molecule has 0 bridgehead atoms. The van der Waals surface area contributed by atoms with E-state index in [2.05, 4.69) is 32.3 Å². The summed E-state index contributed by atoms with van der Waals surface area (Å²) in [7, 11) is 0. The molecule has 0 spiro atoms. The molecule has 128 valence electrons. The lowest BCUT2D eigenvalue weighted by Gasteiger charge is -2.08. The Balaban J connectivity index is 1.56. The average molecular weight is 444 g/mol. The first-order valence-electron chi connectivity index (χ1n) is 7.82. The highest BCUT2D eigenvalue weighted by molar-refractivity contribution is 9.10. The number of benzene rings is 3. The van der Waals surface area contributed by atoms with Crippen molar-refractivity contribution in [3.05, 3.63) is 81.8 Å². The summed E-state index contributed by atoms with van der Waals surface area (Å²) >= 11 is 11.1. The second kappa shape index (κ2) is 7.19. The first-order valence-corrected chi connectivity index (χ1v) is 9.81. The second-order valence-corrected chi connectivity index (χ2v) is 8.00. The Morgan fingerprint density at radius 2 is 1.81 bits per heavy atom. The van der Waals surface area contributed by atoms with Crippen LogP contribution in [-0.2, 0) is 0 Å². The zero-order valence-corrected chi connectivity index (χ0v) is 16.5. The molecule has 1 heterocycles. The number of fused-ring (bicyclic) bond motifs is 1. The van der Waals surface area contributed by atoms with Crippen molar-refractivity contribution in [1.82, 2.24) is 4.98 Å². The molecule has 0 aliphatic rings. The normalized spacial score (nSPS) is 10.8. The van der Waals surface area contributed by atoms with Gasteiger partial charge in [-0.05, 0) is 54.6 Å². The van der Waals surface area contributed by atoms with Crippen LogP contribution in [0.5, 0.6) is 0 Å². The number of rotatable bonds is 3. The van der Waals surface area contributed by atoms with Crippen molar-refractivity contribution in [2.24, 2.45) is 0 Å². The summed E-state index contributed by atoms with van der Waals surface area (Å²) in [5, 5.41) is 4.24. The van der Waals surface area contributed by atoms with Crippen LogP contribution in [0.4, 0.5) is 5.69 Å². The van der Waals surface area contributed by atoms with Gasteiger partial charge in [-0.15, -0.1) is 11.3 Å². The molecule has 0 saturated carbocycles. The van der Waals surface area contributed by atoms with E-state index in [0.29, 0.717) is 16.3 Å². The van der Waals surface area contributed by atoms with Gasteiger partial charge in [0.1, 0.15) is 5.01 Å². The molecule has 26 heavy (non-hydrogen) atoms. The molecule has 3 nitrogen and oxygen atoms in total. The maximum Gasteiger partial charge on any atom is 0.257 e. The van der Waals surface area contributed by atoms with E-state index < -0.39 is 0 Å². The fourth-order valence-electron chi connectivity index (χ4n) is 2.56. The maximum absolute atomic E-state index is 12.4. The number of hydrogen-bond donors (Lipinski definition) is 1. The lowest BCUT2D eigenvalue weighted by molar-refractivity contribution is 0.102. The van der Waals surface area contributed by atoms with Gasteiger partial charge in [-0.1, -0.05) is 39.7 Å². The predicted octanol–water partition coefficient (Wildman–Crippen LogP) is 6.63. The molecule has 1 N–H and O–H groups in total. The van der Waals surface area contributed by atoms with E-state index in [-0.39, 0.29) is 5.91 Å². The molecule has 3 aromatic carbocycles. The molecule has 0 fully saturated rings. The Kier molecular flexibility index (Phi) is 4.76. The van der Waals surface area contributed by atoms with Gasteiger partial charge in [-0.3, -0.25) is 4.79 Å². The molecule has 0 aliphatic carbocycles. The lowest BCUT2D eigenvalue weighted by atomic mass is 10.2. The molecule has 4 aromatic rings. The van der Waals surface area contributed by atoms with E-state index in [9.17, 15) is 4.79 Å². The van der Waals surface area contributed by atoms with Crippen LogP contribution in [0.1, 0.15) is 10.4 Å². The van der Waals surface area contributed by atoms with Gasteiger partial charge in [0.2, 0.25) is 0 Å². The summed E-state index contributed by atoms with van der Waals surface area (Å²) in [4.78, 5) is 17.1. The van der Waals surface area contributed by atoms with Gasteiger partial charge in [0, 0.05) is 15.7 Å². The van der Waals surface area contributed by atoms with Gasteiger partial charge in [-0.2, -0.15) is 0 Å². The standard InChI is InChI=1S/C20H12BrClN2OS/c21-13-7-10-16(22)15(11-13)19(25)23-14-8-5-12(6-9-14)20-24-17-3-1-2-4-18(17)26-20/h1-11H,(H,23,25). The minimum absolute atomic E-state index is 0.246. The zero-order chi connectivity index (χ0) is 18.1. The smallest absolute Gasteiger partial charge is 0.257 e. The van der Waals surface area contributed by atoms with Crippen molar-refractivity contribution in [2.75, 3.05) is 5.32 Å². The number of nitrogens with one attached hydrogen (secondary N) is 1. The fourth-order valence-corrected chi connectivity index (χ4v) is 4.10. The number of thiazole rings is 1. The summed E-state index contributed by atoms with van der Waals surface area (Å²) in [6.07, 6.45) is 0. The molecule has 4 rings (SSSR count). The Morgan fingerprint density at radius 1 is 1.04 bits per heavy atom. The highest BCUT2D eigenvalue weighted by Gasteiger charge is 2.12. The summed E-state index contributed by atoms with van der Waals surface area (Å²) in [5.74, 6) is -0.246. The Hall–Kier alpha value is -2.21. The van der Waals surface area contributed by atoms with Gasteiger partial charge < -0.3 is 5.32 Å². The van der Waals surface area contributed by atoms with Crippen LogP contribution in [0.15, 0.2) is 71.2 Å². The number of amides is 1. The van der Waals surface area contributed by atoms with E-state index >= 15 is 0 Å². The number of carbonyl (C=O) groups excluding carboxylic acids is 1. The summed E-state index contributed by atoms with van der Waals surface area (Å²) in [5.41, 5.74) is 3.14. The quantitative estimate of drug-likeness (QED) is 0.386.